The molecule has 1 N–H and O–H groups in total. The number of amides is 1. The summed E-state index contributed by atoms with van der Waals surface area (Å²) in [6.07, 6.45) is 1.18. The van der Waals surface area contributed by atoms with Crippen molar-refractivity contribution < 1.29 is 19.1 Å². The zero-order valence-corrected chi connectivity index (χ0v) is 12.3. The molecule has 1 saturated heterocycles. The van der Waals surface area contributed by atoms with Gasteiger partial charge in [-0.05, 0) is 25.8 Å². The largest absolute Gasteiger partial charge is 0.481 e. The Morgan fingerprint density at radius 2 is 2.19 bits per heavy atom. The lowest BCUT2D eigenvalue weighted by atomic mass is 9.83. The number of benzene rings is 1. The highest BCUT2D eigenvalue weighted by Crippen LogP contribution is 2.38. The molecule has 1 amide bonds. The van der Waals surface area contributed by atoms with Crippen molar-refractivity contribution in [3.8, 4) is 0 Å². The standard InChI is InChI=1S/C16H20FNO3/c1-3-8-18-14(19)7-5-11(16(20)21)15(18)12-9-10(2)4-6-13(12)17/h4,6,9,11,15H,3,5,7-8H2,1-2H3,(H,20,21). The van der Waals surface area contributed by atoms with Crippen molar-refractivity contribution in [1.29, 1.82) is 0 Å². The molecule has 5 heteroatoms. The predicted molar refractivity (Wildman–Crippen MR) is 76.2 cm³/mol. The number of hydrogen-bond donors (Lipinski definition) is 1. The highest BCUT2D eigenvalue weighted by atomic mass is 19.1. The predicted octanol–water partition coefficient (Wildman–Crippen LogP) is 2.91. The van der Waals surface area contributed by atoms with Gasteiger partial charge in [0.2, 0.25) is 5.91 Å². The topological polar surface area (TPSA) is 57.6 Å². The number of rotatable bonds is 4. The second kappa shape index (κ2) is 6.24. The normalized spacial score (nSPS) is 22.4. The number of piperidine rings is 1. The fourth-order valence-corrected chi connectivity index (χ4v) is 2.99. The van der Waals surface area contributed by atoms with Gasteiger partial charge < -0.3 is 10.0 Å². The van der Waals surface area contributed by atoms with E-state index in [-0.39, 0.29) is 18.7 Å². The van der Waals surface area contributed by atoms with Crippen LogP contribution in [-0.2, 0) is 9.59 Å². The SMILES string of the molecule is CCCN1C(=O)CCC(C(=O)O)C1c1cc(C)ccc1F. The second-order valence-electron chi connectivity index (χ2n) is 5.54. The third kappa shape index (κ3) is 3.06. The minimum Gasteiger partial charge on any atom is -0.481 e. The first kappa shape index (κ1) is 15.5. The number of aryl methyl sites for hydroxylation is 1. The fourth-order valence-electron chi connectivity index (χ4n) is 2.99. The van der Waals surface area contributed by atoms with Crippen LogP contribution in [0.5, 0.6) is 0 Å². The summed E-state index contributed by atoms with van der Waals surface area (Å²) < 4.78 is 14.2. The van der Waals surface area contributed by atoms with E-state index in [0.29, 0.717) is 18.5 Å². The number of carboxylic acid groups (broad SMARTS) is 1. The van der Waals surface area contributed by atoms with Gasteiger partial charge >= 0.3 is 5.97 Å². The van der Waals surface area contributed by atoms with Crippen molar-refractivity contribution in [2.75, 3.05) is 6.54 Å². The summed E-state index contributed by atoms with van der Waals surface area (Å²) in [6, 6.07) is 3.91. The zero-order chi connectivity index (χ0) is 15.6. The lowest BCUT2D eigenvalue weighted by molar-refractivity contribution is -0.152. The maximum atomic E-state index is 14.2. The number of carbonyl (C=O) groups is 2. The molecule has 0 saturated carbocycles. The molecule has 2 atom stereocenters. The van der Waals surface area contributed by atoms with E-state index in [0.717, 1.165) is 5.56 Å². The summed E-state index contributed by atoms with van der Waals surface area (Å²) in [5.41, 5.74) is 1.16. The Morgan fingerprint density at radius 1 is 1.48 bits per heavy atom. The number of carboxylic acids is 1. The van der Waals surface area contributed by atoms with Gasteiger partial charge in [-0.15, -0.1) is 0 Å². The molecule has 1 aromatic rings. The van der Waals surface area contributed by atoms with Crippen molar-refractivity contribution in [1.82, 2.24) is 4.90 Å². The molecule has 2 unspecified atom stereocenters. The van der Waals surface area contributed by atoms with Crippen LogP contribution in [0, 0.1) is 18.7 Å². The van der Waals surface area contributed by atoms with Crippen molar-refractivity contribution in [2.24, 2.45) is 5.92 Å². The molecule has 1 fully saturated rings. The number of hydrogen-bond acceptors (Lipinski definition) is 2. The molecule has 1 aliphatic rings. The third-order valence-electron chi connectivity index (χ3n) is 3.96. The van der Waals surface area contributed by atoms with Crippen LogP contribution in [0.25, 0.3) is 0 Å². The zero-order valence-electron chi connectivity index (χ0n) is 12.3. The van der Waals surface area contributed by atoms with E-state index < -0.39 is 23.7 Å². The van der Waals surface area contributed by atoms with Crippen LogP contribution in [0.15, 0.2) is 18.2 Å². The van der Waals surface area contributed by atoms with E-state index in [2.05, 4.69) is 0 Å². The van der Waals surface area contributed by atoms with Gasteiger partial charge in [0.05, 0.1) is 12.0 Å². The second-order valence-corrected chi connectivity index (χ2v) is 5.54. The molecule has 1 aromatic carbocycles. The van der Waals surface area contributed by atoms with E-state index in [1.807, 2.05) is 13.8 Å². The summed E-state index contributed by atoms with van der Waals surface area (Å²) in [7, 11) is 0. The van der Waals surface area contributed by atoms with Crippen molar-refractivity contribution in [2.45, 2.75) is 39.2 Å². The molecule has 0 radical (unpaired) electrons. The third-order valence-corrected chi connectivity index (χ3v) is 3.96. The Kier molecular flexibility index (Phi) is 4.60. The number of carbonyl (C=O) groups excluding carboxylic acids is 1. The molecule has 0 spiro atoms. The van der Waals surface area contributed by atoms with Crippen LogP contribution in [-0.4, -0.2) is 28.4 Å². The lowest BCUT2D eigenvalue weighted by Gasteiger charge is -2.40. The van der Waals surface area contributed by atoms with Gasteiger partial charge in [0.1, 0.15) is 5.82 Å². The Balaban J connectivity index is 2.51. The Bertz CT molecular complexity index is 558. The Morgan fingerprint density at radius 3 is 2.81 bits per heavy atom. The quantitative estimate of drug-likeness (QED) is 0.928. The van der Waals surface area contributed by atoms with E-state index in [9.17, 15) is 19.1 Å². The number of aliphatic carboxylic acids is 1. The minimum absolute atomic E-state index is 0.0970. The van der Waals surface area contributed by atoms with Crippen LogP contribution in [0.3, 0.4) is 0 Å². The van der Waals surface area contributed by atoms with Crippen LogP contribution >= 0.6 is 0 Å². The van der Waals surface area contributed by atoms with E-state index in [1.165, 1.54) is 11.0 Å². The highest BCUT2D eigenvalue weighted by molar-refractivity contribution is 5.81. The molecule has 21 heavy (non-hydrogen) atoms. The molecule has 0 aromatic heterocycles. The van der Waals surface area contributed by atoms with E-state index in [4.69, 9.17) is 0 Å². The average Bonchev–Trinajstić information content (AvgIpc) is 2.43. The Hall–Kier alpha value is -1.91. The first-order valence-electron chi connectivity index (χ1n) is 7.24. The van der Waals surface area contributed by atoms with Gasteiger partial charge in [0.15, 0.2) is 0 Å². The maximum absolute atomic E-state index is 14.2. The van der Waals surface area contributed by atoms with Gasteiger partial charge in [-0.3, -0.25) is 9.59 Å². The van der Waals surface area contributed by atoms with Gasteiger partial charge in [-0.1, -0.05) is 24.6 Å². The van der Waals surface area contributed by atoms with Gasteiger partial charge in [0, 0.05) is 18.5 Å². The van der Waals surface area contributed by atoms with Crippen molar-refractivity contribution in [3.63, 3.8) is 0 Å². The molecule has 1 aliphatic heterocycles. The smallest absolute Gasteiger partial charge is 0.308 e. The number of nitrogens with zero attached hydrogens (tertiary/aromatic N) is 1. The average molecular weight is 293 g/mol. The van der Waals surface area contributed by atoms with E-state index in [1.54, 1.807) is 12.1 Å². The summed E-state index contributed by atoms with van der Waals surface area (Å²) in [5, 5.41) is 9.44. The molecule has 2 rings (SSSR count). The highest BCUT2D eigenvalue weighted by Gasteiger charge is 2.41. The van der Waals surface area contributed by atoms with E-state index >= 15 is 0 Å². The van der Waals surface area contributed by atoms with Crippen LogP contribution in [0.1, 0.15) is 43.4 Å². The summed E-state index contributed by atoms with van der Waals surface area (Å²) in [4.78, 5) is 25.2. The van der Waals surface area contributed by atoms with Crippen LogP contribution in [0.4, 0.5) is 4.39 Å². The fraction of sp³-hybridized carbons (Fsp3) is 0.500. The first-order chi connectivity index (χ1) is 9.95. The summed E-state index contributed by atoms with van der Waals surface area (Å²) in [5.74, 6) is -2.28. The summed E-state index contributed by atoms with van der Waals surface area (Å²) >= 11 is 0. The van der Waals surface area contributed by atoms with Crippen molar-refractivity contribution >= 4 is 11.9 Å². The maximum Gasteiger partial charge on any atom is 0.308 e. The summed E-state index contributed by atoms with van der Waals surface area (Å²) in [6.45, 7) is 4.19. The van der Waals surface area contributed by atoms with Crippen LogP contribution in [0.2, 0.25) is 0 Å². The minimum atomic E-state index is -0.977. The lowest BCUT2D eigenvalue weighted by Crippen LogP contribution is -2.46. The molecule has 4 nitrogen and oxygen atoms in total. The molecule has 0 aliphatic carbocycles. The monoisotopic (exact) mass is 293 g/mol. The van der Waals surface area contributed by atoms with Crippen molar-refractivity contribution in [3.05, 3.63) is 35.1 Å². The number of likely N-dealkylation sites (tertiary alicyclic amines) is 1. The van der Waals surface area contributed by atoms with Gasteiger partial charge in [-0.25, -0.2) is 4.39 Å². The molecular weight excluding hydrogens is 273 g/mol. The molecular formula is C16H20FNO3. The molecule has 114 valence electrons. The number of halogens is 1. The van der Waals surface area contributed by atoms with Crippen LogP contribution < -0.4 is 0 Å². The molecule has 0 bridgehead atoms. The van der Waals surface area contributed by atoms with Gasteiger partial charge in [-0.2, -0.15) is 0 Å². The molecule has 1 heterocycles. The first-order valence-corrected chi connectivity index (χ1v) is 7.24. The Labute approximate surface area is 123 Å². The van der Waals surface area contributed by atoms with Gasteiger partial charge in [0.25, 0.3) is 0 Å².